The Bertz CT molecular complexity index is 285. The molecule has 1 aliphatic heterocycles. The average Bonchev–Trinajstić information content (AvgIpc) is 2.72. The van der Waals surface area contributed by atoms with Crippen LogP contribution in [-0.2, 0) is 9.53 Å². The molecule has 15 heavy (non-hydrogen) atoms. The highest BCUT2D eigenvalue weighted by molar-refractivity contribution is 5.76. The van der Waals surface area contributed by atoms with E-state index in [1.54, 1.807) is 0 Å². The van der Waals surface area contributed by atoms with Gasteiger partial charge in [-0.3, -0.25) is 4.79 Å². The normalized spacial score (nSPS) is 40.5. The highest BCUT2D eigenvalue weighted by Gasteiger charge is 2.60. The van der Waals surface area contributed by atoms with Crippen LogP contribution in [0.4, 0.5) is 0 Å². The summed E-state index contributed by atoms with van der Waals surface area (Å²) in [5.74, 6) is 1.29. The molecule has 0 aromatic carbocycles. The first-order valence-electron chi connectivity index (χ1n) is 6.17. The fourth-order valence-electron chi connectivity index (χ4n) is 3.74. The third kappa shape index (κ3) is 1.32. The largest absolute Gasteiger partial charge is 0.465 e. The molecule has 0 aromatic heterocycles. The summed E-state index contributed by atoms with van der Waals surface area (Å²) in [6.07, 6.45) is 5.36. The Morgan fingerprint density at radius 2 is 2.27 bits per heavy atom. The average molecular weight is 209 g/mol. The fourth-order valence-corrected chi connectivity index (χ4v) is 3.74. The Morgan fingerprint density at radius 1 is 1.47 bits per heavy atom. The van der Waals surface area contributed by atoms with E-state index in [4.69, 9.17) is 4.74 Å². The van der Waals surface area contributed by atoms with Crippen LogP contribution in [0.1, 0.15) is 32.6 Å². The maximum absolute atomic E-state index is 11.7. The molecule has 1 spiro atoms. The first-order chi connectivity index (χ1) is 7.27. The number of hydrogen-bond acceptors (Lipinski definition) is 3. The van der Waals surface area contributed by atoms with Gasteiger partial charge in [-0.15, -0.1) is 0 Å². The van der Waals surface area contributed by atoms with Crippen LogP contribution < -0.4 is 5.32 Å². The van der Waals surface area contributed by atoms with Crippen molar-refractivity contribution >= 4 is 5.97 Å². The van der Waals surface area contributed by atoms with Gasteiger partial charge >= 0.3 is 5.97 Å². The van der Waals surface area contributed by atoms with Crippen LogP contribution >= 0.6 is 0 Å². The van der Waals surface area contributed by atoms with E-state index >= 15 is 0 Å². The predicted molar refractivity (Wildman–Crippen MR) is 56.3 cm³/mol. The molecule has 3 nitrogen and oxygen atoms in total. The summed E-state index contributed by atoms with van der Waals surface area (Å²) in [6.45, 7) is 3.41. The van der Waals surface area contributed by atoms with Gasteiger partial charge in [0.15, 0.2) is 0 Å². The molecule has 3 aliphatic rings. The molecule has 1 heterocycles. The van der Waals surface area contributed by atoms with Crippen molar-refractivity contribution in [3.05, 3.63) is 0 Å². The second-order valence-electron chi connectivity index (χ2n) is 5.31. The second kappa shape index (κ2) is 3.21. The standard InChI is InChI=1S/C12H19NO2/c1-2-15-11(14)10-8-3-4-12(5-6-12)9(8)7-13-10/h8-10,13H,2-7H2,1H3/t8-,9-,10-/m0/s1. The molecule has 2 saturated carbocycles. The molecular weight excluding hydrogens is 190 g/mol. The summed E-state index contributed by atoms with van der Waals surface area (Å²) in [5, 5.41) is 3.36. The Kier molecular flexibility index (Phi) is 2.06. The Hall–Kier alpha value is -0.570. The lowest BCUT2D eigenvalue weighted by Crippen LogP contribution is -2.37. The van der Waals surface area contributed by atoms with Gasteiger partial charge in [-0.2, -0.15) is 0 Å². The van der Waals surface area contributed by atoms with Crippen molar-refractivity contribution in [2.24, 2.45) is 17.3 Å². The van der Waals surface area contributed by atoms with Crippen molar-refractivity contribution in [1.29, 1.82) is 0 Å². The topological polar surface area (TPSA) is 38.3 Å². The highest BCUT2D eigenvalue weighted by atomic mass is 16.5. The van der Waals surface area contributed by atoms with Gasteiger partial charge in [0.05, 0.1) is 6.61 Å². The second-order valence-corrected chi connectivity index (χ2v) is 5.31. The van der Waals surface area contributed by atoms with Crippen LogP contribution in [0, 0.1) is 17.3 Å². The molecule has 0 unspecified atom stereocenters. The van der Waals surface area contributed by atoms with Gasteiger partial charge in [0, 0.05) is 0 Å². The number of rotatable bonds is 2. The van der Waals surface area contributed by atoms with Crippen LogP contribution in [0.5, 0.6) is 0 Å². The van der Waals surface area contributed by atoms with Gasteiger partial charge in [-0.25, -0.2) is 0 Å². The number of carbonyl (C=O) groups is 1. The van der Waals surface area contributed by atoms with Crippen LogP contribution in [-0.4, -0.2) is 25.2 Å². The molecule has 0 bridgehead atoms. The van der Waals surface area contributed by atoms with Gasteiger partial charge in [-0.1, -0.05) is 0 Å². The van der Waals surface area contributed by atoms with Crippen molar-refractivity contribution < 1.29 is 9.53 Å². The van der Waals surface area contributed by atoms with Crippen molar-refractivity contribution in [3.63, 3.8) is 0 Å². The minimum Gasteiger partial charge on any atom is -0.465 e. The molecule has 84 valence electrons. The Balaban J connectivity index is 1.71. The van der Waals surface area contributed by atoms with E-state index in [0.29, 0.717) is 17.9 Å². The minimum absolute atomic E-state index is 0.00470. The number of ether oxygens (including phenoxy) is 1. The number of esters is 1. The van der Waals surface area contributed by atoms with E-state index in [2.05, 4.69) is 5.32 Å². The van der Waals surface area contributed by atoms with Crippen LogP contribution in [0.2, 0.25) is 0 Å². The monoisotopic (exact) mass is 209 g/mol. The highest BCUT2D eigenvalue weighted by Crippen LogP contribution is 2.64. The van der Waals surface area contributed by atoms with E-state index in [-0.39, 0.29) is 12.0 Å². The number of fused-ring (bicyclic) bond motifs is 2. The Labute approximate surface area is 90.6 Å². The van der Waals surface area contributed by atoms with Gasteiger partial charge in [-0.05, 0) is 56.4 Å². The van der Waals surface area contributed by atoms with Crippen molar-refractivity contribution in [2.45, 2.75) is 38.6 Å². The van der Waals surface area contributed by atoms with Crippen LogP contribution in [0.25, 0.3) is 0 Å². The van der Waals surface area contributed by atoms with E-state index in [1.165, 1.54) is 25.7 Å². The van der Waals surface area contributed by atoms with Gasteiger partial charge < -0.3 is 10.1 Å². The van der Waals surface area contributed by atoms with Gasteiger partial charge in [0.1, 0.15) is 6.04 Å². The zero-order chi connectivity index (χ0) is 10.5. The van der Waals surface area contributed by atoms with E-state index in [0.717, 1.165) is 12.5 Å². The van der Waals surface area contributed by atoms with Crippen molar-refractivity contribution in [3.8, 4) is 0 Å². The van der Waals surface area contributed by atoms with Crippen LogP contribution in [0.15, 0.2) is 0 Å². The van der Waals surface area contributed by atoms with E-state index < -0.39 is 0 Å². The number of carbonyl (C=O) groups excluding carboxylic acids is 1. The number of nitrogens with one attached hydrogen (secondary N) is 1. The van der Waals surface area contributed by atoms with Crippen molar-refractivity contribution in [1.82, 2.24) is 5.32 Å². The molecule has 3 fully saturated rings. The zero-order valence-corrected chi connectivity index (χ0v) is 9.29. The molecule has 0 radical (unpaired) electrons. The first kappa shape index (κ1) is 9.64. The maximum atomic E-state index is 11.7. The third-order valence-corrected chi connectivity index (χ3v) is 4.70. The molecule has 0 amide bonds. The maximum Gasteiger partial charge on any atom is 0.323 e. The SMILES string of the molecule is CCOC(=O)[C@H]1NC[C@H]2[C@@H]1CCC21CC1. The molecular formula is C12H19NO2. The van der Waals surface area contributed by atoms with Gasteiger partial charge in [0.2, 0.25) is 0 Å². The molecule has 1 N–H and O–H groups in total. The van der Waals surface area contributed by atoms with E-state index in [1.807, 2.05) is 6.92 Å². The first-order valence-corrected chi connectivity index (χ1v) is 6.17. The quantitative estimate of drug-likeness (QED) is 0.697. The van der Waals surface area contributed by atoms with Gasteiger partial charge in [0.25, 0.3) is 0 Å². The summed E-state index contributed by atoms with van der Waals surface area (Å²) in [7, 11) is 0. The molecule has 2 aliphatic carbocycles. The number of hydrogen-bond donors (Lipinski definition) is 1. The lowest BCUT2D eigenvalue weighted by atomic mass is 9.87. The Morgan fingerprint density at radius 3 is 2.93 bits per heavy atom. The lowest BCUT2D eigenvalue weighted by Gasteiger charge is -2.17. The molecule has 1 saturated heterocycles. The minimum atomic E-state index is -0.0253. The molecule has 3 heteroatoms. The summed E-state index contributed by atoms with van der Waals surface area (Å²) >= 11 is 0. The van der Waals surface area contributed by atoms with Crippen LogP contribution in [0.3, 0.4) is 0 Å². The smallest absolute Gasteiger partial charge is 0.323 e. The summed E-state index contributed by atoms with van der Waals surface area (Å²) in [4.78, 5) is 11.7. The zero-order valence-electron chi connectivity index (χ0n) is 9.29. The fraction of sp³-hybridized carbons (Fsp3) is 0.917. The lowest BCUT2D eigenvalue weighted by molar-refractivity contribution is -0.146. The molecule has 0 aromatic rings. The third-order valence-electron chi connectivity index (χ3n) is 4.70. The molecule has 3 rings (SSSR count). The molecule has 3 atom stereocenters. The summed E-state index contributed by atoms with van der Waals surface area (Å²) in [6, 6.07) is -0.00470. The predicted octanol–water partition coefficient (Wildman–Crippen LogP) is 1.33. The summed E-state index contributed by atoms with van der Waals surface area (Å²) < 4.78 is 5.12. The van der Waals surface area contributed by atoms with E-state index in [9.17, 15) is 4.79 Å². The van der Waals surface area contributed by atoms with Crippen molar-refractivity contribution in [2.75, 3.05) is 13.2 Å². The summed E-state index contributed by atoms with van der Waals surface area (Å²) in [5.41, 5.74) is 0.638.